The molecule has 0 saturated heterocycles. The molecule has 0 saturated carbocycles. The van der Waals surface area contributed by atoms with Crippen LogP contribution in [-0.4, -0.2) is 32.3 Å². The summed E-state index contributed by atoms with van der Waals surface area (Å²) in [4.78, 5) is 33.0. The molecule has 0 aromatic carbocycles. The molecule has 4 N–H and O–H groups in total. The van der Waals surface area contributed by atoms with E-state index in [4.69, 9.17) is 19.6 Å². The van der Waals surface area contributed by atoms with Gasteiger partial charge in [-0.1, -0.05) is 0 Å². The average molecular weight is 220 g/mol. The SMILES string of the molecule is CC(COP(=O)(O)O)OP(O)O. The molecule has 0 radical (unpaired) electrons. The summed E-state index contributed by atoms with van der Waals surface area (Å²) in [7, 11) is -7.02. The Hall–Kier alpha value is 0.420. The highest BCUT2D eigenvalue weighted by Gasteiger charge is 2.17. The number of hydrogen-bond donors (Lipinski definition) is 4. The van der Waals surface area contributed by atoms with Gasteiger partial charge in [-0.25, -0.2) is 4.57 Å². The van der Waals surface area contributed by atoms with Gasteiger partial charge in [0.05, 0.1) is 12.7 Å². The smallest absolute Gasteiger partial charge is 0.328 e. The Kier molecular flexibility index (Phi) is 5.40. The van der Waals surface area contributed by atoms with Crippen LogP contribution in [0.3, 0.4) is 0 Å². The lowest BCUT2D eigenvalue weighted by atomic mass is 10.5. The lowest BCUT2D eigenvalue weighted by Crippen LogP contribution is -2.12. The lowest BCUT2D eigenvalue weighted by Gasteiger charge is -2.13. The van der Waals surface area contributed by atoms with Crippen LogP contribution in [0.15, 0.2) is 0 Å². The van der Waals surface area contributed by atoms with E-state index in [1.54, 1.807) is 0 Å². The molecular formula is C3H10O7P2. The van der Waals surface area contributed by atoms with Crippen LogP contribution in [0, 0.1) is 0 Å². The molecule has 0 bridgehead atoms. The highest BCUT2D eigenvalue weighted by molar-refractivity contribution is 7.46. The number of phosphoric ester groups is 1. The van der Waals surface area contributed by atoms with Gasteiger partial charge in [-0.3, -0.25) is 4.52 Å². The van der Waals surface area contributed by atoms with Crippen LogP contribution in [0.25, 0.3) is 0 Å². The summed E-state index contributed by atoms with van der Waals surface area (Å²) in [5.74, 6) is 0. The second kappa shape index (κ2) is 5.21. The van der Waals surface area contributed by atoms with Crippen LogP contribution < -0.4 is 0 Å². The minimum absolute atomic E-state index is 0.399. The van der Waals surface area contributed by atoms with Crippen molar-refractivity contribution in [3.8, 4) is 0 Å². The quantitative estimate of drug-likeness (QED) is 0.470. The van der Waals surface area contributed by atoms with E-state index in [0.29, 0.717) is 0 Å². The predicted molar refractivity (Wildman–Crippen MR) is 39.9 cm³/mol. The first-order chi connectivity index (χ1) is 5.31. The third-order valence-electron chi connectivity index (χ3n) is 0.752. The van der Waals surface area contributed by atoms with E-state index < -0.39 is 29.1 Å². The maximum Gasteiger partial charge on any atom is 0.469 e. The zero-order valence-corrected chi connectivity index (χ0v) is 7.98. The van der Waals surface area contributed by atoms with Crippen LogP contribution in [0.4, 0.5) is 0 Å². The molecule has 7 nitrogen and oxygen atoms in total. The summed E-state index contributed by atoms with van der Waals surface area (Å²) >= 11 is 0. The molecule has 0 aliphatic heterocycles. The summed E-state index contributed by atoms with van der Waals surface area (Å²) < 4.78 is 18.5. The molecule has 0 fully saturated rings. The second-order valence-electron chi connectivity index (χ2n) is 1.96. The molecule has 1 unspecified atom stereocenters. The summed E-state index contributed by atoms with van der Waals surface area (Å²) in [6.07, 6.45) is -0.779. The number of rotatable bonds is 5. The van der Waals surface area contributed by atoms with Crippen molar-refractivity contribution in [2.45, 2.75) is 13.0 Å². The van der Waals surface area contributed by atoms with E-state index in [1.165, 1.54) is 6.92 Å². The summed E-state index contributed by atoms with van der Waals surface area (Å²) in [6.45, 7) is 0.988. The summed E-state index contributed by atoms with van der Waals surface area (Å²) in [5, 5.41) is 0. The van der Waals surface area contributed by atoms with E-state index in [9.17, 15) is 4.57 Å². The van der Waals surface area contributed by atoms with Crippen molar-refractivity contribution in [3.63, 3.8) is 0 Å². The summed E-state index contributed by atoms with van der Waals surface area (Å²) in [6, 6.07) is 0. The van der Waals surface area contributed by atoms with Crippen molar-refractivity contribution < 1.29 is 33.2 Å². The van der Waals surface area contributed by atoms with E-state index in [1.807, 2.05) is 0 Å². The van der Waals surface area contributed by atoms with Gasteiger partial charge in [0, 0.05) is 0 Å². The van der Waals surface area contributed by atoms with Crippen molar-refractivity contribution >= 4 is 16.4 Å². The number of phosphoric acid groups is 1. The topological polar surface area (TPSA) is 116 Å². The fourth-order valence-corrected chi connectivity index (χ4v) is 1.18. The average Bonchev–Trinajstić information content (AvgIpc) is 1.80. The predicted octanol–water partition coefficient (Wildman–Crippen LogP) is -0.288. The van der Waals surface area contributed by atoms with E-state index in [2.05, 4.69) is 9.05 Å². The first-order valence-electron chi connectivity index (χ1n) is 2.86. The molecule has 0 heterocycles. The molecule has 0 rings (SSSR count). The molecule has 0 amide bonds. The molecule has 0 aromatic rings. The Morgan fingerprint density at radius 3 is 2.33 bits per heavy atom. The maximum absolute atomic E-state index is 10.1. The third kappa shape index (κ3) is 8.52. The fraction of sp³-hybridized carbons (Fsp3) is 1.00. The Labute approximate surface area is 70.2 Å². The van der Waals surface area contributed by atoms with Gasteiger partial charge in [-0.2, -0.15) is 0 Å². The molecule has 0 aromatic heterocycles. The van der Waals surface area contributed by atoms with Crippen LogP contribution >= 0.6 is 16.4 Å². The molecule has 12 heavy (non-hydrogen) atoms. The molecule has 0 spiro atoms. The Balaban J connectivity index is 3.58. The minimum atomic E-state index is -4.50. The fourth-order valence-electron chi connectivity index (χ4n) is 0.393. The van der Waals surface area contributed by atoms with Gasteiger partial charge >= 0.3 is 16.4 Å². The highest BCUT2D eigenvalue weighted by atomic mass is 31.2. The van der Waals surface area contributed by atoms with Gasteiger partial charge in [0.25, 0.3) is 0 Å². The van der Waals surface area contributed by atoms with Crippen LogP contribution in [0.1, 0.15) is 6.92 Å². The van der Waals surface area contributed by atoms with Gasteiger partial charge in [-0.15, -0.1) is 0 Å². The molecular weight excluding hydrogens is 210 g/mol. The Morgan fingerprint density at radius 2 is 2.00 bits per heavy atom. The molecule has 0 aliphatic carbocycles. The summed E-state index contributed by atoms with van der Waals surface area (Å²) in [5.41, 5.74) is 0. The van der Waals surface area contributed by atoms with E-state index in [0.717, 1.165) is 0 Å². The molecule has 0 aliphatic rings. The molecule has 9 heteroatoms. The zero-order chi connectivity index (χ0) is 9.78. The standard InChI is InChI=1S/C3H10O7P2/c1-3(10-11(4)5)2-9-12(6,7)8/h3-5H,2H2,1H3,(H2,6,7,8). The van der Waals surface area contributed by atoms with Crippen LogP contribution in [0.2, 0.25) is 0 Å². The van der Waals surface area contributed by atoms with E-state index in [-0.39, 0.29) is 0 Å². The second-order valence-corrected chi connectivity index (χ2v) is 3.91. The first kappa shape index (κ1) is 12.4. The van der Waals surface area contributed by atoms with Gasteiger partial charge in [0.2, 0.25) is 0 Å². The van der Waals surface area contributed by atoms with Gasteiger partial charge in [0.15, 0.2) is 0 Å². The first-order valence-corrected chi connectivity index (χ1v) is 5.55. The zero-order valence-electron chi connectivity index (χ0n) is 6.19. The lowest BCUT2D eigenvalue weighted by molar-refractivity contribution is 0.101. The van der Waals surface area contributed by atoms with Crippen molar-refractivity contribution in [1.82, 2.24) is 0 Å². The van der Waals surface area contributed by atoms with Crippen molar-refractivity contribution in [2.24, 2.45) is 0 Å². The maximum atomic E-state index is 10.1. The monoisotopic (exact) mass is 220 g/mol. The van der Waals surface area contributed by atoms with Crippen LogP contribution in [-0.2, 0) is 13.6 Å². The van der Waals surface area contributed by atoms with Gasteiger partial charge in [-0.05, 0) is 6.92 Å². The minimum Gasteiger partial charge on any atom is -0.328 e. The highest BCUT2D eigenvalue weighted by Crippen LogP contribution is 2.36. The van der Waals surface area contributed by atoms with Crippen molar-refractivity contribution in [3.05, 3.63) is 0 Å². The van der Waals surface area contributed by atoms with Gasteiger partial charge in [0.1, 0.15) is 0 Å². The third-order valence-corrected chi connectivity index (χ3v) is 1.79. The molecule has 74 valence electrons. The van der Waals surface area contributed by atoms with Crippen molar-refractivity contribution in [1.29, 1.82) is 0 Å². The number of hydrogen-bond acceptors (Lipinski definition) is 5. The normalized spacial score (nSPS) is 15.2. The van der Waals surface area contributed by atoms with Gasteiger partial charge < -0.3 is 24.1 Å². The molecule has 1 atom stereocenters. The van der Waals surface area contributed by atoms with E-state index >= 15 is 0 Å². The van der Waals surface area contributed by atoms with Crippen molar-refractivity contribution in [2.75, 3.05) is 6.61 Å². The Bertz CT molecular complexity index is 164. The largest absolute Gasteiger partial charge is 0.469 e. The Morgan fingerprint density at radius 1 is 1.50 bits per heavy atom. The van der Waals surface area contributed by atoms with Crippen LogP contribution in [0.5, 0.6) is 0 Å².